The number of Topliss-reactive ketones (excluding diaryl/α,β-unsaturated/α-hetero) is 1. The van der Waals surface area contributed by atoms with E-state index in [1.165, 1.54) is 0 Å². The summed E-state index contributed by atoms with van der Waals surface area (Å²) < 4.78 is 8.40. The summed E-state index contributed by atoms with van der Waals surface area (Å²) in [5.41, 5.74) is 5.38. The largest absolute Gasteiger partial charge is 0.478 e. The van der Waals surface area contributed by atoms with E-state index in [-0.39, 0.29) is 23.4 Å². The average molecular weight is 429 g/mol. The molecule has 1 aromatic heterocycles. The van der Waals surface area contributed by atoms with Gasteiger partial charge in [0.25, 0.3) is 0 Å². The topological polar surface area (TPSA) is 80.2 Å². The van der Waals surface area contributed by atoms with Gasteiger partial charge in [0, 0.05) is 17.6 Å². The van der Waals surface area contributed by atoms with Gasteiger partial charge >= 0.3 is 5.97 Å². The molecular weight excluding hydrogens is 408 g/mol. The van der Waals surface area contributed by atoms with Gasteiger partial charge in [0.2, 0.25) is 0 Å². The molecule has 4 aromatic rings. The number of benzene rings is 3. The Morgan fingerprint density at radius 1 is 0.839 bits per heavy atom. The minimum absolute atomic E-state index is 0.0121. The molecule has 0 unspecified atom stereocenters. The predicted octanol–water partition coefficient (Wildman–Crippen LogP) is 5.27. The number of aromatic nitrogens is 2. The highest BCUT2D eigenvalue weighted by Crippen LogP contribution is 2.28. The van der Waals surface area contributed by atoms with Crippen molar-refractivity contribution in [2.24, 2.45) is 0 Å². The highest BCUT2D eigenvalue weighted by molar-refractivity contribution is 7.00. The Hall–Kier alpha value is -3.64. The highest BCUT2D eigenvalue weighted by atomic mass is 32.1. The zero-order valence-corrected chi connectivity index (χ0v) is 17.9. The number of carboxylic acids is 1. The lowest BCUT2D eigenvalue weighted by molar-refractivity contribution is -0.130. The summed E-state index contributed by atoms with van der Waals surface area (Å²) in [6, 6.07) is 20.0. The van der Waals surface area contributed by atoms with Crippen molar-refractivity contribution in [3.05, 3.63) is 100 Å². The van der Waals surface area contributed by atoms with Crippen LogP contribution in [0.15, 0.2) is 72.3 Å². The van der Waals surface area contributed by atoms with Crippen LogP contribution in [-0.4, -0.2) is 25.6 Å². The minimum Gasteiger partial charge on any atom is -0.478 e. The third-order valence-electron chi connectivity index (χ3n) is 5.32. The molecule has 0 saturated heterocycles. The number of allylic oxidation sites excluding steroid dienone is 1. The van der Waals surface area contributed by atoms with Crippen LogP contribution in [0.4, 0.5) is 0 Å². The van der Waals surface area contributed by atoms with E-state index < -0.39 is 5.97 Å². The fraction of sp³-hybridized carbons (Fsp3) is 0.120. The number of carbonyl (C=O) groups excluding carboxylic acids is 1. The zero-order chi connectivity index (χ0) is 22.0. The number of ketones is 1. The monoisotopic (exact) mass is 428 g/mol. The molecule has 1 N–H and O–H groups in total. The SMILES string of the molecule is Cc1ccc(C(=O)/C(Cc2ccccc2)=C(/C(=O)O)c2ccc3nsnc3c2)cc1C. The number of carbonyl (C=O) groups is 2. The zero-order valence-electron chi connectivity index (χ0n) is 17.1. The normalized spacial score (nSPS) is 11.9. The Morgan fingerprint density at radius 3 is 2.26 bits per heavy atom. The molecule has 0 saturated carbocycles. The van der Waals surface area contributed by atoms with Gasteiger partial charge in [-0.3, -0.25) is 4.79 Å². The fourth-order valence-electron chi connectivity index (χ4n) is 3.50. The molecule has 0 fully saturated rings. The van der Waals surface area contributed by atoms with Crippen LogP contribution in [0.2, 0.25) is 0 Å². The van der Waals surface area contributed by atoms with Gasteiger partial charge in [0.05, 0.1) is 17.3 Å². The second-order valence-corrected chi connectivity index (χ2v) is 7.95. The molecule has 3 aromatic carbocycles. The van der Waals surface area contributed by atoms with Gasteiger partial charge in [-0.1, -0.05) is 48.5 Å². The summed E-state index contributed by atoms with van der Waals surface area (Å²) in [6.07, 6.45) is 0.210. The number of nitrogens with zero attached hydrogens (tertiary/aromatic N) is 2. The van der Waals surface area contributed by atoms with Crippen molar-refractivity contribution in [2.45, 2.75) is 20.3 Å². The Kier molecular flexibility index (Phi) is 5.73. The van der Waals surface area contributed by atoms with Crippen LogP contribution >= 0.6 is 11.7 Å². The van der Waals surface area contributed by atoms with Crippen LogP contribution in [0.3, 0.4) is 0 Å². The van der Waals surface area contributed by atoms with Crippen molar-refractivity contribution >= 4 is 40.1 Å². The smallest absolute Gasteiger partial charge is 0.336 e. The first-order chi connectivity index (χ1) is 14.9. The molecule has 5 nitrogen and oxygen atoms in total. The number of rotatable bonds is 6. The number of hydrogen-bond donors (Lipinski definition) is 1. The lowest BCUT2D eigenvalue weighted by Crippen LogP contribution is -2.14. The first-order valence-electron chi connectivity index (χ1n) is 9.79. The summed E-state index contributed by atoms with van der Waals surface area (Å²) in [6.45, 7) is 3.91. The summed E-state index contributed by atoms with van der Waals surface area (Å²) in [4.78, 5) is 26.0. The van der Waals surface area contributed by atoms with E-state index in [0.717, 1.165) is 28.4 Å². The van der Waals surface area contributed by atoms with E-state index >= 15 is 0 Å². The summed E-state index contributed by atoms with van der Waals surface area (Å²) in [5, 5.41) is 10.1. The van der Waals surface area contributed by atoms with E-state index in [1.54, 1.807) is 24.3 Å². The molecule has 0 spiro atoms. The van der Waals surface area contributed by atoms with E-state index in [0.29, 0.717) is 22.2 Å². The molecular formula is C25H20N2O3S. The van der Waals surface area contributed by atoms with Crippen LogP contribution in [0, 0.1) is 13.8 Å². The standard InChI is InChI=1S/C25H20N2O3S/c1-15-8-9-19(12-16(15)2)24(28)20(13-17-6-4-3-5-7-17)23(25(29)30)18-10-11-21-22(14-18)27-31-26-21/h3-12,14H,13H2,1-2H3,(H,29,30)/b23-20+. The molecule has 0 bridgehead atoms. The summed E-state index contributed by atoms with van der Waals surface area (Å²) in [5.74, 6) is -1.44. The lowest BCUT2D eigenvalue weighted by Gasteiger charge is -2.14. The first-order valence-corrected chi connectivity index (χ1v) is 10.5. The predicted molar refractivity (Wildman–Crippen MR) is 122 cm³/mol. The second-order valence-electron chi connectivity index (χ2n) is 7.42. The fourth-order valence-corrected chi connectivity index (χ4v) is 4.02. The second kappa shape index (κ2) is 8.62. The van der Waals surface area contributed by atoms with Crippen molar-refractivity contribution in [2.75, 3.05) is 0 Å². The minimum atomic E-state index is -1.15. The van der Waals surface area contributed by atoms with Crippen LogP contribution < -0.4 is 0 Å². The number of fused-ring (bicyclic) bond motifs is 1. The van der Waals surface area contributed by atoms with Crippen LogP contribution in [-0.2, 0) is 11.2 Å². The highest BCUT2D eigenvalue weighted by Gasteiger charge is 2.24. The molecule has 1 heterocycles. The summed E-state index contributed by atoms with van der Waals surface area (Å²) >= 11 is 1.07. The molecule has 0 aliphatic rings. The Balaban J connectivity index is 1.92. The molecule has 0 radical (unpaired) electrons. The molecule has 6 heteroatoms. The molecule has 0 aliphatic carbocycles. The quantitative estimate of drug-likeness (QED) is 0.334. The summed E-state index contributed by atoms with van der Waals surface area (Å²) in [7, 11) is 0. The number of aliphatic carboxylic acids is 1. The maximum atomic E-state index is 13.6. The third-order valence-corrected chi connectivity index (χ3v) is 5.88. The van der Waals surface area contributed by atoms with E-state index in [9.17, 15) is 14.7 Å². The van der Waals surface area contributed by atoms with Gasteiger partial charge in [0.1, 0.15) is 11.0 Å². The van der Waals surface area contributed by atoms with E-state index in [1.807, 2.05) is 56.3 Å². The van der Waals surface area contributed by atoms with Crippen molar-refractivity contribution in [3.63, 3.8) is 0 Å². The van der Waals surface area contributed by atoms with Crippen molar-refractivity contribution in [1.29, 1.82) is 0 Å². The Morgan fingerprint density at radius 2 is 1.55 bits per heavy atom. The number of carboxylic acid groups (broad SMARTS) is 1. The van der Waals surface area contributed by atoms with Gasteiger partial charge < -0.3 is 5.11 Å². The Labute approximate surface area is 184 Å². The molecule has 0 atom stereocenters. The molecule has 31 heavy (non-hydrogen) atoms. The van der Waals surface area contributed by atoms with Crippen molar-refractivity contribution in [1.82, 2.24) is 8.75 Å². The first kappa shape index (κ1) is 20.6. The van der Waals surface area contributed by atoms with Crippen LogP contribution in [0.5, 0.6) is 0 Å². The Bertz CT molecular complexity index is 1320. The van der Waals surface area contributed by atoms with Crippen molar-refractivity contribution in [3.8, 4) is 0 Å². The van der Waals surface area contributed by atoms with E-state index in [4.69, 9.17) is 0 Å². The number of hydrogen-bond acceptors (Lipinski definition) is 5. The van der Waals surface area contributed by atoms with Gasteiger partial charge in [-0.2, -0.15) is 8.75 Å². The van der Waals surface area contributed by atoms with Crippen LogP contribution in [0.1, 0.15) is 32.6 Å². The number of aryl methyl sites for hydroxylation is 2. The van der Waals surface area contributed by atoms with Crippen molar-refractivity contribution < 1.29 is 14.7 Å². The molecule has 154 valence electrons. The lowest BCUT2D eigenvalue weighted by atomic mass is 9.88. The van der Waals surface area contributed by atoms with Gasteiger partial charge in [-0.25, -0.2) is 4.79 Å². The van der Waals surface area contributed by atoms with Gasteiger partial charge in [-0.05, 0) is 54.3 Å². The van der Waals surface area contributed by atoms with E-state index in [2.05, 4.69) is 8.75 Å². The third kappa shape index (κ3) is 4.29. The van der Waals surface area contributed by atoms with Crippen LogP contribution in [0.25, 0.3) is 16.6 Å². The molecule has 4 rings (SSSR count). The van der Waals surface area contributed by atoms with Gasteiger partial charge in [0.15, 0.2) is 5.78 Å². The molecule has 0 amide bonds. The average Bonchev–Trinajstić information content (AvgIpc) is 3.23. The maximum absolute atomic E-state index is 13.6. The maximum Gasteiger partial charge on any atom is 0.336 e. The van der Waals surface area contributed by atoms with Gasteiger partial charge in [-0.15, -0.1) is 0 Å². The molecule has 0 aliphatic heterocycles.